The number of hydrogen-bond acceptors (Lipinski definition) is 4. The van der Waals surface area contributed by atoms with Crippen molar-refractivity contribution in [2.45, 2.75) is 42.6 Å². The van der Waals surface area contributed by atoms with Gasteiger partial charge in [-0.15, -0.1) is 0 Å². The van der Waals surface area contributed by atoms with Crippen molar-refractivity contribution < 1.29 is 17.9 Å². The predicted octanol–water partition coefficient (Wildman–Crippen LogP) is 4.05. The third-order valence-electron chi connectivity index (χ3n) is 5.70. The zero-order valence-corrected chi connectivity index (χ0v) is 16.6. The Morgan fingerprint density at radius 1 is 0.821 bits per heavy atom. The van der Waals surface area contributed by atoms with E-state index in [4.69, 9.17) is 4.74 Å². The van der Waals surface area contributed by atoms with E-state index in [0.717, 1.165) is 37.9 Å². The molecular weight excluding hydrogens is 374 g/mol. The molecule has 6 heteroatoms. The van der Waals surface area contributed by atoms with Gasteiger partial charge in [0, 0.05) is 18.7 Å². The summed E-state index contributed by atoms with van der Waals surface area (Å²) in [6.45, 7) is 0.611. The first-order valence-electron chi connectivity index (χ1n) is 9.89. The lowest BCUT2D eigenvalue weighted by Crippen LogP contribution is -2.58. The van der Waals surface area contributed by atoms with Crippen LogP contribution < -0.4 is 4.74 Å². The number of para-hydroxylation sites is 1. The highest BCUT2D eigenvalue weighted by atomic mass is 32.2. The topological polar surface area (TPSA) is 63.7 Å². The fourth-order valence-corrected chi connectivity index (χ4v) is 6.26. The molecule has 1 aliphatic heterocycles. The number of rotatable bonds is 5. The van der Waals surface area contributed by atoms with E-state index in [9.17, 15) is 13.2 Å². The maximum Gasteiger partial charge on any atom is 0.253 e. The number of hydrogen-bond donors (Lipinski definition) is 0. The molecule has 0 N–H and O–H groups in total. The molecule has 0 spiro atoms. The Morgan fingerprint density at radius 3 is 2.07 bits per heavy atom. The molecule has 1 heterocycles. The molecule has 0 unspecified atom stereocenters. The molecule has 0 atom stereocenters. The third kappa shape index (κ3) is 3.92. The molecule has 1 saturated carbocycles. The Morgan fingerprint density at radius 2 is 1.43 bits per heavy atom. The molecule has 5 nitrogen and oxygen atoms in total. The normalized spacial score (nSPS) is 18.5. The predicted molar refractivity (Wildman–Crippen MR) is 108 cm³/mol. The molecule has 0 radical (unpaired) electrons. The number of benzene rings is 2. The average Bonchev–Trinajstić information content (AvgIpc) is 2.68. The van der Waals surface area contributed by atoms with Crippen LogP contribution in [0.5, 0.6) is 11.5 Å². The number of carbonyl (C=O) groups excluding carboxylic acids is 1. The molecule has 2 aromatic rings. The summed E-state index contributed by atoms with van der Waals surface area (Å²) < 4.78 is 31.2. The highest BCUT2D eigenvalue weighted by molar-refractivity contribution is 7.92. The van der Waals surface area contributed by atoms with Gasteiger partial charge in [0.1, 0.15) is 11.5 Å². The molecule has 2 aliphatic rings. The van der Waals surface area contributed by atoms with E-state index in [1.807, 2.05) is 30.3 Å². The Labute approximate surface area is 166 Å². The molecule has 4 rings (SSSR count). The van der Waals surface area contributed by atoms with Gasteiger partial charge in [-0.2, -0.15) is 0 Å². The minimum absolute atomic E-state index is 0.124. The van der Waals surface area contributed by atoms with Gasteiger partial charge < -0.3 is 9.64 Å². The summed E-state index contributed by atoms with van der Waals surface area (Å²) in [5, 5.41) is -0.613. The number of amides is 1. The second-order valence-corrected chi connectivity index (χ2v) is 10.1. The first kappa shape index (κ1) is 19.0. The van der Waals surface area contributed by atoms with E-state index in [-0.39, 0.29) is 11.2 Å². The van der Waals surface area contributed by atoms with Crippen LogP contribution in [0.2, 0.25) is 0 Å². The third-order valence-corrected chi connectivity index (χ3v) is 8.32. The monoisotopic (exact) mass is 399 g/mol. The van der Waals surface area contributed by atoms with Crippen LogP contribution in [0.1, 0.15) is 42.5 Å². The highest BCUT2D eigenvalue weighted by Crippen LogP contribution is 2.30. The van der Waals surface area contributed by atoms with Crippen LogP contribution in [-0.4, -0.2) is 42.8 Å². The largest absolute Gasteiger partial charge is 0.457 e. The minimum atomic E-state index is -3.13. The van der Waals surface area contributed by atoms with Crippen LogP contribution in [0.25, 0.3) is 0 Å². The van der Waals surface area contributed by atoms with Crippen molar-refractivity contribution >= 4 is 15.7 Å². The lowest BCUT2D eigenvalue weighted by atomic mass is 10.0. The summed E-state index contributed by atoms with van der Waals surface area (Å²) in [4.78, 5) is 14.3. The van der Waals surface area contributed by atoms with Crippen molar-refractivity contribution in [3.8, 4) is 11.5 Å². The fourth-order valence-electron chi connectivity index (χ4n) is 3.95. The van der Waals surface area contributed by atoms with E-state index in [1.165, 1.54) is 0 Å². The summed E-state index contributed by atoms with van der Waals surface area (Å²) in [5.74, 6) is 1.27. The summed E-state index contributed by atoms with van der Waals surface area (Å²) in [6, 6.07) is 16.4. The zero-order chi connectivity index (χ0) is 19.6. The van der Waals surface area contributed by atoms with Gasteiger partial charge in [0.05, 0.1) is 10.5 Å². The standard InChI is InChI=1S/C22H25NO4S/c24-22(17-11-13-19(14-12-17)27-18-7-3-1-4-8-18)23-15-21(16-23)28(25,26)20-9-5-2-6-10-20/h1,3-4,7-8,11-14,20-21H,2,5-6,9-10,15-16H2. The van der Waals surface area contributed by atoms with Gasteiger partial charge in [-0.3, -0.25) is 4.79 Å². The number of nitrogens with zero attached hydrogens (tertiary/aromatic N) is 1. The van der Waals surface area contributed by atoms with Crippen LogP contribution in [0.15, 0.2) is 54.6 Å². The lowest BCUT2D eigenvalue weighted by Gasteiger charge is -2.40. The molecule has 1 amide bonds. The van der Waals surface area contributed by atoms with Crippen LogP contribution >= 0.6 is 0 Å². The van der Waals surface area contributed by atoms with E-state index in [0.29, 0.717) is 24.4 Å². The number of likely N-dealkylation sites (tertiary alicyclic amines) is 1. The van der Waals surface area contributed by atoms with Crippen LogP contribution in [0, 0.1) is 0 Å². The smallest absolute Gasteiger partial charge is 0.253 e. The first-order chi connectivity index (χ1) is 13.5. The molecular formula is C22H25NO4S. The molecule has 148 valence electrons. The fraction of sp³-hybridized carbons (Fsp3) is 0.409. The lowest BCUT2D eigenvalue weighted by molar-refractivity contribution is 0.0658. The van der Waals surface area contributed by atoms with Gasteiger partial charge in [0.2, 0.25) is 0 Å². The van der Waals surface area contributed by atoms with E-state index in [2.05, 4.69) is 0 Å². The highest BCUT2D eigenvalue weighted by Gasteiger charge is 2.43. The zero-order valence-electron chi connectivity index (χ0n) is 15.8. The number of carbonyl (C=O) groups is 1. The van der Waals surface area contributed by atoms with Crippen LogP contribution in [0.3, 0.4) is 0 Å². The Kier molecular flexibility index (Phi) is 5.40. The Hall–Kier alpha value is -2.34. The second kappa shape index (κ2) is 7.95. The molecule has 2 fully saturated rings. The van der Waals surface area contributed by atoms with Crippen LogP contribution in [0.4, 0.5) is 0 Å². The Bertz CT molecular complexity index is 913. The van der Waals surface area contributed by atoms with E-state index in [1.54, 1.807) is 29.2 Å². The van der Waals surface area contributed by atoms with Crippen molar-refractivity contribution in [3.05, 3.63) is 60.2 Å². The second-order valence-electron chi connectivity index (χ2n) is 7.62. The van der Waals surface area contributed by atoms with Crippen molar-refractivity contribution in [1.29, 1.82) is 0 Å². The van der Waals surface area contributed by atoms with E-state index < -0.39 is 15.1 Å². The first-order valence-corrected chi connectivity index (χ1v) is 11.5. The maximum atomic E-state index is 12.7. The molecule has 1 aliphatic carbocycles. The van der Waals surface area contributed by atoms with Gasteiger partial charge in [-0.05, 0) is 49.2 Å². The van der Waals surface area contributed by atoms with Gasteiger partial charge in [0.15, 0.2) is 9.84 Å². The molecule has 0 aromatic heterocycles. The van der Waals surface area contributed by atoms with Gasteiger partial charge in [-0.25, -0.2) is 8.42 Å². The average molecular weight is 400 g/mol. The van der Waals surface area contributed by atoms with Gasteiger partial charge in [-0.1, -0.05) is 37.5 Å². The van der Waals surface area contributed by atoms with Crippen molar-refractivity contribution in [2.75, 3.05) is 13.1 Å². The molecule has 0 bridgehead atoms. The minimum Gasteiger partial charge on any atom is -0.457 e. The summed E-state index contributed by atoms with van der Waals surface area (Å²) in [7, 11) is -3.13. The number of ether oxygens (including phenoxy) is 1. The Balaban J connectivity index is 1.34. The SMILES string of the molecule is O=C(c1ccc(Oc2ccccc2)cc1)N1CC(S(=O)(=O)C2CCCCC2)C1. The summed E-state index contributed by atoms with van der Waals surface area (Å²) in [6.07, 6.45) is 4.67. The van der Waals surface area contributed by atoms with Gasteiger partial charge >= 0.3 is 0 Å². The number of sulfone groups is 1. The summed E-state index contributed by atoms with van der Waals surface area (Å²) >= 11 is 0. The van der Waals surface area contributed by atoms with Crippen molar-refractivity contribution in [1.82, 2.24) is 4.90 Å². The van der Waals surface area contributed by atoms with Crippen LogP contribution in [-0.2, 0) is 9.84 Å². The molecule has 2 aromatic carbocycles. The van der Waals surface area contributed by atoms with Crippen molar-refractivity contribution in [2.24, 2.45) is 0 Å². The van der Waals surface area contributed by atoms with E-state index >= 15 is 0 Å². The van der Waals surface area contributed by atoms with Crippen molar-refractivity contribution in [3.63, 3.8) is 0 Å². The maximum absolute atomic E-state index is 12.7. The molecule has 1 saturated heterocycles. The van der Waals surface area contributed by atoms with Gasteiger partial charge in [0.25, 0.3) is 5.91 Å². The quantitative estimate of drug-likeness (QED) is 0.761. The molecule has 28 heavy (non-hydrogen) atoms. The summed E-state index contributed by atoms with van der Waals surface area (Å²) in [5.41, 5.74) is 0.550.